The summed E-state index contributed by atoms with van der Waals surface area (Å²) in [4.78, 5) is 20.3. The molecule has 0 bridgehead atoms. The maximum absolute atomic E-state index is 10.9. The Balaban J connectivity index is 1.92. The van der Waals surface area contributed by atoms with Crippen molar-refractivity contribution in [3.05, 3.63) is 66.5 Å². The number of carbonyl (C=O) groups excluding carboxylic acids is 1. The monoisotopic (exact) mass is 256 g/mol. The third-order valence-electron chi connectivity index (χ3n) is 2.39. The highest BCUT2D eigenvalue weighted by molar-refractivity contribution is 5.50. The Morgan fingerprint density at radius 2 is 2.21 bits per heavy atom. The summed E-state index contributed by atoms with van der Waals surface area (Å²) in [5, 5.41) is 1.11. The van der Waals surface area contributed by atoms with Gasteiger partial charge in [-0.15, -0.1) is 0 Å². The first-order valence-electron chi connectivity index (χ1n) is 5.74. The minimum Gasteiger partial charge on any atom is -0.399 e. The van der Waals surface area contributed by atoms with Gasteiger partial charge in [-0.2, -0.15) is 0 Å². The van der Waals surface area contributed by atoms with Gasteiger partial charge in [0.05, 0.1) is 0 Å². The van der Waals surface area contributed by atoms with Gasteiger partial charge in [0.25, 0.3) is 0 Å². The lowest BCUT2D eigenvalue weighted by atomic mass is 10.2. The molecule has 1 heterocycles. The lowest BCUT2D eigenvalue weighted by Crippen LogP contribution is -2.19. The Hall–Kier alpha value is -2.40. The molecule has 0 saturated heterocycles. The van der Waals surface area contributed by atoms with Crippen LogP contribution < -0.4 is 5.73 Å². The number of amides is 1. The predicted molar refractivity (Wildman–Crippen MR) is 71.2 cm³/mol. The minimum atomic E-state index is 0.269. The van der Waals surface area contributed by atoms with Crippen molar-refractivity contribution in [2.45, 2.75) is 6.61 Å². The van der Waals surface area contributed by atoms with Crippen molar-refractivity contribution in [3.8, 4) is 0 Å². The van der Waals surface area contributed by atoms with Crippen LogP contribution in [0.2, 0.25) is 0 Å². The van der Waals surface area contributed by atoms with E-state index in [9.17, 15) is 4.79 Å². The number of hydrogen-bond donors (Lipinski definition) is 1. The highest BCUT2D eigenvalue weighted by atomic mass is 16.7. The second-order valence-electron chi connectivity index (χ2n) is 3.90. The quantitative estimate of drug-likeness (QED) is 0.486. The molecule has 1 amide bonds. The average molecular weight is 256 g/mol. The summed E-state index contributed by atoms with van der Waals surface area (Å²) in [6.07, 6.45) is 3.96. The van der Waals surface area contributed by atoms with Gasteiger partial charge >= 0.3 is 0 Å². The molecule has 1 aromatic heterocycles. The summed E-state index contributed by atoms with van der Waals surface area (Å²) in [5.74, 6) is 0. The maximum atomic E-state index is 10.9. The van der Waals surface area contributed by atoms with Gasteiger partial charge in [-0.25, -0.2) is 5.06 Å². The van der Waals surface area contributed by atoms with Crippen LogP contribution >= 0.6 is 0 Å². The van der Waals surface area contributed by atoms with E-state index in [-0.39, 0.29) is 6.61 Å². The van der Waals surface area contributed by atoms with Crippen LogP contribution in [0.4, 0.5) is 5.69 Å². The SMILES string of the molecule is Nc1cccc([CH]N(C=O)OCc2cccnc2)c1. The Kier molecular flexibility index (Phi) is 4.47. The molecule has 0 aliphatic heterocycles. The Morgan fingerprint density at radius 1 is 1.32 bits per heavy atom. The fourth-order valence-electron chi connectivity index (χ4n) is 1.52. The summed E-state index contributed by atoms with van der Waals surface area (Å²) < 4.78 is 0. The van der Waals surface area contributed by atoms with Gasteiger partial charge in [-0.05, 0) is 29.3 Å². The molecule has 0 saturated carbocycles. The highest BCUT2D eigenvalue weighted by Gasteiger charge is 2.05. The zero-order chi connectivity index (χ0) is 13.5. The number of hydrogen-bond acceptors (Lipinski definition) is 4. The molecule has 2 aromatic rings. The number of aromatic nitrogens is 1. The van der Waals surface area contributed by atoms with Crippen molar-refractivity contribution in [1.82, 2.24) is 10.0 Å². The molecule has 19 heavy (non-hydrogen) atoms. The number of anilines is 1. The Bertz CT molecular complexity index is 531. The van der Waals surface area contributed by atoms with Crippen molar-refractivity contribution in [2.75, 3.05) is 5.73 Å². The van der Waals surface area contributed by atoms with Crippen LogP contribution in [0.5, 0.6) is 0 Å². The Labute approximate surface area is 111 Å². The van der Waals surface area contributed by atoms with E-state index in [0.717, 1.165) is 16.2 Å². The van der Waals surface area contributed by atoms with E-state index >= 15 is 0 Å². The summed E-state index contributed by atoms with van der Waals surface area (Å²) >= 11 is 0. The van der Waals surface area contributed by atoms with Crippen LogP contribution in [0, 0.1) is 6.54 Å². The molecule has 1 radical (unpaired) electrons. The molecule has 0 atom stereocenters. The van der Waals surface area contributed by atoms with Crippen LogP contribution in [0.15, 0.2) is 48.8 Å². The number of pyridine rings is 1. The average Bonchev–Trinajstić information content (AvgIpc) is 2.44. The van der Waals surface area contributed by atoms with Gasteiger partial charge in [0.2, 0.25) is 6.41 Å². The van der Waals surface area contributed by atoms with Crippen molar-refractivity contribution in [1.29, 1.82) is 0 Å². The predicted octanol–water partition coefficient (Wildman–Crippen LogP) is 1.76. The van der Waals surface area contributed by atoms with E-state index in [4.69, 9.17) is 10.6 Å². The summed E-state index contributed by atoms with van der Waals surface area (Å²) in [7, 11) is 0. The van der Waals surface area contributed by atoms with Gasteiger partial charge in [0, 0.05) is 18.1 Å². The van der Waals surface area contributed by atoms with E-state index in [1.807, 2.05) is 24.3 Å². The molecule has 5 heteroatoms. The molecule has 0 aliphatic rings. The zero-order valence-electron chi connectivity index (χ0n) is 10.3. The fourth-order valence-corrected chi connectivity index (χ4v) is 1.52. The maximum Gasteiger partial charge on any atom is 0.234 e. The smallest absolute Gasteiger partial charge is 0.234 e. The third kappa shape index (κ3) is 4.08. The summed E-state index contributed by atoms with van der Waals surface area (Å²) in [6.45, 7) is 1.84. The molecule has 2 N–H and O–H groups in total. The summed E-state index contributed by atoms with van der Waals surface area (Å²) in [6, 6.07) is 10.9. The van der Waals surface area contributed by atoms with Crippen molar-refractivity contribution >= 4 is 12.1 Å². The van der Waals surface area contributed by atoms with Gasteiger partial charge < -0.3 is 5.73 Å². The summed E-state index contributed by atoms with van der Waals surface area (Å²) in [5.41, 5.74) is 7.97. The second kappa shape index (κ2) is 6.51. The number of rotatable bonds is 6. The van der Waals surface area contributed by atoms with Crippen LogP contribution in [0.3, 0.4) is 0 Å². The van der Waals surface area contributed by atoms with Crippen LogP contribution in [0.1, 0.15) is 11.1 Å². The molecule has 0 fully saturated rings. The molecule has 1 aromatic carbocycles. The first kappa shape index (κ1) is 13.0. The van der Waals surface area contributed by atoms with Gasteiger partial charge in [0.1, 0.15) is 13.2 Å². The number of carbonyl (C=O) groups is 1. The van der Waals surface area contributed by atoms with E-state index in [2.05, 4.69) is 4.98 Å². The normalized spacial score (nSPS) is 10.1. The highest BCUT2D eigenvalue weighted by Crippen LogP contribution is 2.11. The lowest BCUT2D eigenvalue weighted by molar-refractivity contribution is -0.165. The fraction of sp³-hybridized carbons (Fsp3) is 0.0714. The first-order valence-corrected chi connectivity index (χ1v) is 5.74. The van der Waals surface area contributed by atoms with E-state index in [0.29, 0.717) is 12.1 Å². The Morgan fingerprint density at radius 3 is 2.89 bits per heavy atom. The molecule has 97 valence electrons. The molecule has 0 aliphatic carbocycles. The van der Waals surface area contributed by atoms with Crippen LogP contribution in [-0.2, 0) is 16.2 Å². The topological polar surface area (TPSA) is 68.5 Å². The second-order valence-corrected chi connectivity index (χ2v) is 3.90. The standard InChI is InChI=1S/C14H14N3O2/c15-14-5-1-3-12(7-14)9-17(11-18)19-10-13-4-2-6-16-8-13/h1-9,11H,10,15H2. The van der Waals surface area contributed by atoms with Crippen molar-refractivity contribution in [2.24, 2.45) is 0 Å². The zero-order valence-corrected chi connectivity index (χ0v) is 10.3. The molecular formula is C14H14N3O2. The number of nitrogens with zero attached hydrogens (tertiary/aromatic N) is 2. The molecule has 0 unspecified atom stereocenters. The van der Waals surface area contributed by atoms with Gasteiger partial charge in [0.15, 0.2) is 0 Å². The molecule has 2 rings (SSSR count). The molecule has 5 nitrogen and oxygen atoms in total. The number of nitrogens with two attached hydrogens (primary N) is 1. The molecular weight excluding hydrogens is 242 g/mol. The number of benzene rings is 1. The number of hydroxylamine groups is 2. The lowest BCUT2D eigenvalue weighted by Gasteiger charge is -2.16. The first-order chi connectivity index (χ1) is 9.28. The van der Waals surface area contributed by atoms with E-state index in [1.54, 1.807) is 31.1 Å². The third-order valence-corrected chi connectivity index (χ3v) is 2.39. The van der Waals surface area contributed by atoms with E-state index in [1.165, 1.54) is 0 Å². The minimum absolute atomic E-state index is 0.269. The van der Waals surface area contributed by atoms with Crippen LogP contribution in [0.25, 0.3) is 0 Å². The van der Waals surface area contributed by atoms with Crippen molar-refractivity contribution < 1.29 is 9.63 Å². The molecule has 0 spiro atoms. The van der Waals surface area contributed by atoms with Crippen LogP contribution in [-0.4, -0.2) is 16.5 Å². The van der Waals surface area contributed by atoms with Gasteiger partial charge in [-0.3, -0.25) is 14.6 Å². The van der Waals surface area contributed by atoms with Gasteiger partial charge in [-0.1, -0.05) is 18.2 Å². The van der Waals surface area contributed by atoms with Crippen molar-refractivity contribution in [3.63, 3.8) is 0 Å². The van der Waals surface area contributed by atoms with E-state index < -0.39 is 0 Å². The largest absolute Gasteiger partial charge is 0.399 e. The number of nitrogen functional groups attached to an aromatic ring is 1.